The second-order valence-electron chi connectivity index (χ2n) is 6.76. The number of hydrogen-bond acceptors (Lipinski definition) is 4. The maximum absolute atomic E-state index is 12.4. The summed E-state index contributed by atoms with van der Waals surface area (Å²) in [6, 6.07) is 6.56. The third kappa shape index (κ3) is 8.87. The standard InChI is InChI=1S/C19H32N4O2S2.HI/c1-4-20-19(21-6-5-18-14-16(2)13-17(3)15-18)22-7-12-27(24,25)23-8-10-26-11-9-23;/h13-15H,4-12H2,1-3H3,(H2,20,21,22);1H. The minimum absolute atomic E-state index is 0. The molecule has 1 heterocycles. The molecule has 1 aromatic rings. The predicted octanol–water partition coefficient (Wildman–Crippen LogP) is 2.40. The number of sulfonamides is 1. The molecule has 0 radical (unpaired) electrons. The molecule has 1 aliphatic heterocycles. The summed E-state index contributed by atoms with van der Waals surface area (Å²) in [6.45, 7) is 9.22. The van der Waals surface area contributed by atoms with E-state index in [1.165, 1.54) is 16.7 Å². The van der Waals surface area contributed by atoms with Gasteiger partial charge in [-0.1, -0.05) is 29.3 Å². The van der Waals surface area contributed by atoms with Gasteiger partial charge in [0.15, 0.2) is 5.96 Å². The van der Waals surface area contributed by atoms with Crippen LogP contribution >= 0.6 is 35.7 Å². The monoisotopic (exact) mass is 540 g/mol. The van der Waals surface area contributed by atoms with E-state index < -0.39 is 10.0 Å². The zero-order valence-corrected chi connectivity index (χ0v) is 21.0. The molecule has 6 nitrogen and oxygen atoms in total. The van der Waals surface area contributed by atoms with Crippen molar-refractivity contribution in [3.05, 3.63) is 34.9 Å². The van der Waals surface area contributed by atoms with E-state index in [9.17, 15) is 8.42 Å². The van der Waals surface area contributed by atoms with Gasteiger partial charge in [-0.05, 0) is 32.8 Å². The summed E-state index contributed by atoms with van der Waals surface area (Å²) in [4.78, 5) is 4.44. The number of aliphatic imine (C=N–C) groups is 1. The maximum atomic E-state index is 12.4. The van der Waals surface area contributed by atoms with Crippen LogP contribution in [0.5, 0.6) is 0 Å². The number of benzene rings is 1. The lowest BCUT2D eigenvalue weighted by atomic mass is 10.1. The van der Waals surface area contributed by atoms with Crippen molar-refractivity contribution in [3.63, 3.8) is 0 Å². The van der Waals surface area contributed by atoms with Gasteiger partial charge in [-0.15, -0.1) is 24.0 Å². The third-order valence-electron chi connectivity index (χ3n) is 4.31. The molecular formula is C19H33IN4O2S2. The Morgan fingerprint density at radius 1 is 1.14 bits per heavy atom. The molecule has 1 aliphatic rings. The molecule has 160 valence electrons. The van der Waals surface area contributed by atoms with Gasteiger partial charge in [-0.25, -0.2) is 12.7 Å². The fourth-order valence-electron chi connectivity index (χ4n) is 3.11. The number of nitrogens with zero attached hydrogens (tertiary/aromatic N) is 2. The first-order valence-corrected chi connectivity index (χ1v) is 12.3. The highest BCUT2D eigenvalue weighted by atomic mass is 127. The van der Waals surface area contributed by atoms with E-state index in [-0.39, 0.29) is 36.3 Å². The quantitative estimate of drug-likeness (QED) is 0.301. The highest BCUT2D eigenvalue weighted by molar-refractivity contribution is 14.0. The Labute approximate surface area is 191 Å². The van der Waals surface area contributed by atoms with Crippen LogP contribution in [0.4, 0.5) is 0 Å². The zero-order valence-electron chi connectivity index (χ0n) is 17.0. The molecule has 0 aliphatic carbocycles. The summed E-state index contributed by atoms with van der Waals surface area (Å²) >= 11 is 1.81. The number of aryl methyl sites for hydroxylation is 2. The SMILES string of the molecule is CCNC(=NCCS(=O)(=O)N1CCSCC1)NCCc1cc(C)cc(C)c1.I. The first-order chi connectivity index (χ1) is 12.9. The molecule has 1 aromatic carbocycles. The summed E-state index contributed by atoms with van der Waals surface area (Å²) in [5.74, 6) is 2.49. The second-order valence-corrected chi connectivity index (χ2v) is 10.1. The summed E-state index contributed by atoms with van der Waals surface area (Å²) in [6.07, 6.45) is 0.899. The van der Waals surface area contributed by atoms with Crippen LogP contribution < -0.4 is 10.6 Å². The number of halogens is 1. The predicted molar refractivity (Wildman–Crippen MR) is 132 cm³/mol. The van der Waals surface area contributed by atoms with Gasteiger partial charge in [0.25, 0.3) is 0 Å². The van der Waals surface area contributed by atoms with Crippen LogP contribution in [0.15, 0.2) is 23.2 Å². The Kier molecular flexibility index (Phi) is 11.8. The fraction of sp³-hybridized carbons (Fsp3) is 0.632. The summed E-state index contributed by atoms with van der Waals surface area (Å²) in [5.41, 5.74) is 3.83. The molecule has 0 aromatic heterocycles. The van der Waals surface area contributed by atoms with Gasteiger partial charge < -0.3 is 10.6 Å². The molecule has 1 saturated heterocycles. The van der Waals surface area contributed by atoms with Gasteiger partial charge in [-0.3, -0.25) is 4.99 Å². The Morgan fingerprint density at radius 2 is 1.79 bits per heavy atom. The first-order valence-electron chi connectivity index (χ1n) is 9.55. The van der Waals surface area contributed by atoms with Gasteiger partial charge in [-0.2, -0.15) is 11.8 Å². The van der Waals surface area contributed by atoms with Crippen molar-refractivity contribution in [2.75, 3.05) is 50.0 Å². The van der Waals surface area contributed by atoms with Gasteiger partial charge in [0.2, 0.25) is 10.0 Å². The minimum atomic E-state index is -3.21. The summed E-state index contributed by atoms with van der Waals surface area (Å²) < 4.78 is 26.4. The third-order valence-corrected chi connectivity index (χ3v) is 7.11. The van der Waals surface area contributed by atoms with Gasteiger partial charge in [0.05, 0.1) is 12.3 Å². The molecule has 0 bridgehead atoms. The van der Waals surface area contributed by atoms with E-state index in [1.54, 1.807) is 16.1 Å². The normalized spacial score (nSPS) is 15.8. The molecule has 0 spiro atoms. The van der Waals surface area contributed by atoms with Crippen molar-refractivity contribution < 1.29 is 8.42 Å². The number of nitrogens with one attached hydrogen (secondary N) is 2. The number of guanidine groups is 1. The fourth-order valence-corrected chi connectivity index (χ4v) is 5.56. The zero-order chi connectivity index (χ0) is 19.7. The molecule has 0 amide bonds. The summed E-state index contributed by atoms with van der Waals surface area (Å²) in [5, 5.41) is 6.49. The molecule has 0 unspecified atom stereocenters. The lowest BCUT2D eigenvalue weighted by Crippen LogP contribution is -2.41. The van der Waals surface area contributed by atoms with Crippen LogP contribution in [0.3, 0.4) is 0 Å². The molecule has 2 rings (SSSR count). The van der Waals surface area contributed by atoms with E-state index in [1.807, 2.05) is 6.92 Å². The van der Waals surface area contributed by atoms with Crippen molar-refractivity contribution in [2.24, 2.45) is 4.99 Å². The molecule has 28 heavy (non-hydrogen) atoms. The Hall–Kier alpha value is -0.520. The van der Waals surface area contributed by atoms with Gasteiger partial charge in [0, 0.05) is 37.7 Å². The molecule has 9 heteroatoms. The van der Waals surface area contributed by atoms with Crippen molar-refractivity contribution in [3.8, 4) is 0 Å². The Morgan fingerprint density at radius 3 is 2.39 bits per heavy atom. The van der Waals surface area contributed by atoms with Crippen LogP contribution in [0.1, 0.15) is 23.6 Å². The van der Waals surface area contributed by atoms with Crippen LogP contribution in [0.25, 0.3) is 0 Å². The van der Waals surface area contributed by atoms with E-state index in [0.717, 1.165) is 31.0 Å². The average molecular weight is 541 g/mol. The van der Waals surface area contributed by atoms with Crippen LogP contribution in [-0.2, 0) is 16.4 Å². The minimum Gasteiger partial charge on any atom is -0.357 e. The first kappa shape index (κ1) is 25.5. The highest BCUT2D eigenvalue weighted by Crippen LogP contribution is 2.13. The van der Waals surface area contributed by atoms with Crippen molar-refractivity contribution in [1.82, 2.24) is 14.9 Å². The van der Waals surface area contributed by atoms with Gasteiger partial charge in [0.1, 0.15) is 0 Å². The molecule has 0 atom stereocenters. The number of thioether (sulfide) groups is 1. The lowest BCUT2D eigenvalue weighted by Gasteiger charge is -2.25. The van der Waals surface area contributed by atoms with E-state index in [4.69, 9.17) is 0 Å². The van der Waals surface area contributed by atoms with Crippen molar-refractivity contribution in [1.29, 1.82) is 0 Å². The molecule has 2 N–H and O–H groups in total. The molecular weight excluding hydrogens is 507 g/mol. The van der Waals surface area contributed by atoms with Crippen molar-refractivity contribution >= 4 is 51.7 Å². The van der Waals surface area contributed by atoms with E-state index >= 15 is 0 Å². The maximum Gasteiger partial charge on any atom is 0.215 e. The van der Waals surface area contributed by atoms with Gasteiger partial charge >= 0.3 is 0 Å². The van der Waals surface area contributed by atoms with Crippen LogP contribution in [-0.4, -0.2) is 68.7 Å². The van der Waals surface area contributed by atoms with E-state index in [0.29, 0.717) is 19.0 Å². The number of rotatable bonds is 8. The Balaban J connectivity index is 0.00000392. The number of hydrogen-bond donors (Lipinski definition) is 2. The van der Waals surface area contributed by atoms with E-state index in [2.05, 4.69) is 47.7 Å². The van der Waals surface area contributed by atoms with Crippen molar-refractivity contribution in [2.45, 2.75) is 27.2 Å². The van der Waals surface area contributed by atoms with Crippen LogP contribution in [0.2, 0.25) is 0 Å². The summed E-state index contributed by atoms with van der Waals surface area (Å²) in [7, 11) is -3.21. The smallest absolute Gasteiger partial charge is 0.215 e. The average Bonchev–Trinajstić information content (AvgIpc) is 2.61. The molecule has 0 saturated carbocycles. The largest absolute Gasteiger partial charge is 0.357 e. The second kappa shape index (κ2) is 12.9. The highest BCUT2D eigenvalue weighted by Gasteiger charge is 2.23. The topological polar surface area (TPSA) is 73.8 Å². The molecule has 1 fully saturated rings. The Bertz CT molecular complexity index is 715. The lowest BCUT2D eigenvalue weighted by molar-refractivity contribution is 0.444. The van der Waals surface area contributed by atoms with Crippen LogP contribution in [0, 0.1) is 13.8 Å².